The molecule has 2 aromatic heterocycles. The van der Waals surface area contributed by atoms with Crippen LogP contribution in [0.4, 0.5) is 10.5 Å². The summed E-state index contributed by atoms with van der Waals surface area (Å²) in [5.41, 5.74) is 4.85. The summed E-state index contributed by atoms with van der Waals surface area (Å²) in [7, 11) is 0. The molecule has 0 radical (unpaired) electrons. The van der Waals surface area contributed by atoms with Gasteiger partial charge in [0.2, 0.25) is 0 Å². The molecule has 1 aromatic carbocycles. The van der Waals surface area contributed by atoms with E-state index in [-0.39, 0.29) is 11.4 Å². The molecule has 0 bridgehead atoms. The summed E-state index contributed by atoms with van der Waals surface area (Å²) in [6, 6.07) is 15.4. The van der Waals surface area contributed by atoms with Gasteiger partial charge in [-0.1, -0.05) is 32.9 Å². The van der Waals surface area contributed by atoms with Crippen molar-refractivity contribution >= 4 is 11.7 Å². The predicted molar refractivity (Wildman–Crippen MR) is 108 cm³/mol. The van der Waals surface area contributed by atoms with Crippen LogP contribution in [-0.2, 0) is 12.0 Å². The molecule has 2 heterocycles. The molecule has 0 spiro atoms. The van der Waals surface area contributed by atoms with E-state index in [2.05, 4.69) is 41.4 Å². The van der Waals surface area contributed by atoms with Crippen molar-refractivity contribution in [3.63, 3.8) is 0 Å². The van der Waals surface area contributed by atoms with Crippen LogP contribution in [0.15, 0.2) is 67.1 Å². The minimum atomic E-state index is -0.238. The molecule has 5 heteroatoms. The van der Waals surface area contributed by atoms with Gasteiger partial charge < -0.3 is 10.6 Å². The maximum Gasteiger partial charge on any atom is 0.319 e. The molecule has 138 valence electrons. The predicted octanol–water partition coefficient (Wildman–Crippen LogP) is 4.76. The van der Waals surface area contributed by atoms with E-state index in [9.17, 15) is 4.79 Å². The van der Waals surface area contributed by atoms with Crippen molar-refractivity contribution in [1.82, 2.24) is 15.3 Å². The zero-order valence-electron chi connectivity index (χ0n) is 15.9. The number of nitrogens with zero attached hydrogens (tertiary/aromatic N) is 2. The van der Waals surface area contributed by atoms with Crippen LogP contribution in [0.3, 0.4) is 0 Å². The first-order valence-corrected chi connectivity index (χ1v) is 8.92. The Balaban J connectivity index is 1.58. The van der Waals surface area contributed by atoms with Gasteiger partial charge >= 0.3 is 6.03 Å². The maximum absolute atomic E-state index is 12.2. The highest BCUT2D eigenvalue weighted by molar-refractivity contribution is 5.89. The van der Waals surface area contributed by atoms with Crippen molar-refractivity contribution < 1.29 is 4.79 Å². The summed E-state index contributed by atoms with van der Waals surface area (Å²) in [4.78, 5) is 20.7. The first-order chi connectivity index (χ1) is 12.9. The largest absolute Gasteiger partial charge is 0.334 e. The Labute approximate surface area is 159 Å². The van der Waals surface area contributed by atoms with Crippen molar-refractivity contribution in [2.75, 3.05) is 5.32 Å². The summed E-state index contributed by atoms with van der Waals surface area (Å²) in [6.45, 7) is 6.91. The fraction of sp³-hybridized carbons (Fsp3) is 0.227. The number of urea groups is 1. The number of nitrogens with one attached hydrogen (secondary N) is 2. The molecule has 3 aromatic rings. The second-order valence-corrected chi connectivity index (χ2v) is 7.43. The van der Waals surface area contributed by atoms with Gasteiger partial charge in [-0.05, 0) is 52.9 Å². The minimum absolute atomic E-state index is 0.0914. The number of carbonyl (C=O) groups is 1. The number of hydrogen-bond donors (Lipinski definition) is 2. The Morgan fingerprint density at radius 3 is 2.48 bits per heavy atom. The van der Waals surface area contributed by atoms with Crippen LogP contribution < -0.4 is 10.6 Å². The van der Waals surface area contributed by atoms with Gasteiger partial charge in [0.1, 0.15) is 0 Å². The third kappa shape index (κ3) is 5.14. The molecule has 2 N–H and O–H groups in total. The van der Waals surface area contributed by atoms with Crippen molar-refractivity contribution in [2.24, 2.45) is 0 Å². The molecule has 5 nitrogen and oxygen atoms in total. The van der Waals surface area contributed by atoms with Crippen LogP contribution in [0.25, 0.3) is 11.3 Å². The van der Waals surface area contributed by atoms with Crippen molar-refractivity contribution in [3.05, 3.63) is 78.2 Å². The molecule has 27 heavy (non-hydrogen) atoms. The molecule has 0 unspecified atom stereocenters. The molecular weight excluding hydrogens is 336 g/mol. The molecule has 0 aliphatic rings. The van der Waals surface area contributed by atoms with Gasteiger partial charge in [0.15, 0.2) is 0 Å². The van der Waals surface area contributed by atoms with E-state index in [0.29, 0.717) is 6.54 Å². The monoisotopic (exact) mass is 360 g/mol. The molecule has 2 amide bonds. The molecule has 0 saturated carbocycles. The van der Waals surface area contributed by atoms with Crippen molar-refractivity contribution in [3.8, 4) is 11.3 Å². The van der Waals surface area contributed by atoms with Gasteiger partial charge in [-0.25, -0.2) is 4.79 Å². The van der Waals surface area contributed by atoms with Crippen LogP contribution in [0, 0.1) is 0 Å². The Kier molecular flexibility index (Phi) is 5.50. The molecule has 0 saturated heterocycles. The zero-order chi connectivity index (χ0) is 19.3. The lowest BCUT2D eigenvalue weighted by Gasteiger charge is -2.19. The summed E-state index contributed by atoms with van der Waals surface area (Å²) in [5, 5.41) is 5.74. The molecular formula is C22H24N4O. The molecule has 3 rings (SSSR count). The van der Waals surface area contributed by atoms with E-state index in [4.69, 9.17) is 0 Å². The lowest BCUT2D eigenvalue weighted by molar-refractivity contribution is 0.251. The van der Waals surface area contributed by atoms with Gasteiger partial charge in [0.05, 0.1) is 5.69 Å². The number of hydrogen-bond acceptors (Lipinski definition) is 3. The van der Waals surface area contributed by atoms with Crippen molar-refractivity contribution in [1.29, 1.82) is 0 Å². The van der Waals surface area contributed by atoms with Gasteiger partial charge in [-0.3, -0.25) is 9.97 Å². The minimum Gasteiger partial charge on any atom is -0.334 e. The van der Waals surface area contributed by atoms with Gasteiger partial charge in [-0.2, -0.15) is 0 Å². The third-order valence-corrected chi connectivity index (χ3v) is 4.24. The second-order valence-electron chi connectivity index (χ2n) is 7.43. The highest BCUT2D eigenvalue weighted by Crippen LogP contribution is 2.23. The van der Waals surface area contributed by atoms with E-state index in [0.717, 1.165) is 22.5 Å². The van der Waals surface area contributed by atoms with Gasteiger partial charge in [0.25, 0.3) is 0 Å². The Bertz CT molecular complexity index is 900. The summed E-state index contributed by atoms with van der Waals surface area (Å²) < 4.78 is 0. The van der Waals surface area contributed by atoms with E-state index in [1.165, 1.54) is 5.56 Å². The first-order valence-electron chi connectivity index (χ1n) is 8.92. The van der Waals surface area contributed by atoms with Crippen LogP contribution in [0.1, 0.15) is 31.9 Å². The summed E-state index contributed by atoms with van der Waals surface area (Å²) >= 11 is 0. The smallest absolute Gasteiger partial charge is 0.319 e. The maximum atomic E-state index is 12.2. The highest BCUT2D eigenvalue weighted by atomic mass is 16.2. The lowest BCUT2D eigenvalue weighted by Crippen LogP contribution is -2.28. The lowest BCUT2D eigenvalue weighted by atomic mass is 9.87. The van der Waals surface area contributed by atoms with Crippen LogP contribution in [0.5, 0.6) is 0 Å². The zero-order valence-corrected chi connectivity index (χ0v) is 15.9. The van der Waals surface area contributed by atoms with Crippen LogP contribution in [-0.4, -0.2) is 16.0 Å². The fourth-order valence-electron chi connectivity index (χ4n) is 2.67. The number of anilines is 1. The van der Waals surface area contributed by atoms with E-state index in [1.54, 1.807) is 18.6 Å². The number of benzene rings is 1. The van der Waals surface area contributed by atoms with Crippen LogP contribution in [0.2, 0.25) is 0 Å². The molecule has 0 fully saturated rings. The Morgan fingerprint density at radius 2 is 1.81 bits per heavy atom. The quantitative estimate of drug-likeness (QED) is 0.705. The normalized spacial score (nSPS) is 11.1. The van der Waals surface area contributed by atoms with Crippen molar-refractivity contribution in [2.45, 2.75) is 32.7 Å². The number of carbonyl (C=O) groups excluding carboxylic acids is 1. The number of amides is 2. The summed E-state index contributed by atoms with van der Waals surface area (Å²) in [6.07, 6.45) is 5.24. The molecule has 0 aliphatic carbocycles. The van der Waals surface area contributed by atoms with E-state index in [1.807, 2.05) is 48.5 Å². The number of aromatic nitrogens is 2. The van der Waals surface area contributed by atoms with E-state index >= 15 is 0 Å². The Hall–Kier alpha value is -3.21. The highest BCUT2D eigenvalue weighted by Gasteiger charge is 2.13. The van der Waals surface area contributed by atoms with Gasteiger partial charge in [0, 0.05) is 36.4 Å². The van der Waals surface area contributed by atoms with Crippen LogP contribution >= 0.6 is 0 Å². The number of rotatable bonds is 4. The Morgan fingerprint density at radius 1 is 1.04 bits per heavy atom. The third-order valence-electron chi connectivity index (χ3n) is 4.24. The second kappa shape index (κ2) is 7.99. The molecule has 0 atom stereocenters. The first kappa shape index (κ1) is 18.6. The average Bonchev–Trinajstić information content (AvgIpc) is 2.67. The summed E-state index contributed by atoms with van der Waals surface area (Å²) in [5.74, 6) is 0. The van der Waals surface area contributed by atoms with E-state index < -0.39 is 0 Å². The average molecular weight is 360 g/mol. The standard InChI is InChI=1S/C22H24N4O/c1-22(2,3)18-6-8-19(9-7-18)26-21(27)25-14-16-10-12-24-20(13-16)17-5-4-11-23-15-17/h4-13,15H,14H2,1-3H3,(H2,25,26,27). The molecule has 0 aliphatic heterocycles. The SMILES string of the molecule is CC(C)(C)c1ccc(NC(=O)NCc2ccnc(-c3cccnc3)c2)cc1. The topological polar surface area (TPSA) is 66.9 Å². The number of pyridine rings is 2. The van der Waals surface area contributed by atoms with Gasteiger partial charge in [-0.15, -0.1) is 0 Å². The fourth-order valence-corrected chi connectivity index (χ4v) is 2.67.